The van der Waals surface area contributed by atoms with Crippen molar-refractivity contribution in [3.8, 4) is 11.5 Å². The SMILES string of the molecule is NS(=O)(=O)c1ccc2c(c1)N(C[C@@H]1CC[C@H]1COc1cccc(CC(=O)O)c1)C[C@@]1(CCCc3cc(Cl)ccc31)CO2. The van der Waals surface area contributed by atoms with Crippen molar-refractivity contribution in [3.05, 3.63) is 82.4 Å². The Balaban J connectivity index is 1.26. The van der Waals surface area contributed by atoms with Gasteiger partial charge in [0, 0.05) is 23.5 Å². The second-order valence-electron chi connectivity index (χ2n) is 11.9. The number of halogens is 1. The van der Waals surface area contributed by atoms with Gasteiger partial charge in [-0.25, -0.2) is 13.6 Å². The van der Waals surface area contributed by atoms with Crippen LogP contribution in [0.4, 0.5) is 5.69 Å². The van der Waals surface area contributed by atoms with Gasteiger partial charge in [-0.05, 0) is 103 Å². The predicted molar refractivity (Wildman–Crippen MR) is 161 cm³/mol. The lowest BCUT2D eigenvalue weighted by Gasteiger charge is -2.44. The van der Waals surface area contributed by atoms with Gasteiger partial charge in [0.1, 0.15) is 11.5 Å². The van der Waals surface area contributed by atoms with Crippen molar-refractivity contribution in [2.45, 2.75) is 48.8 Å². The summed E-state index contributed by atoms with van der Waals surface area (Å²) in [7, 11) is -3.89. The smallest absolute Gasteiger partial charge is 0.307 e. The van der Waals surface area contributed by atoms with Gasteiger partial charge < -0.3 is 19.5 Å². The Bertz CT molecular complexity index is 1610. The molecule has 1 spiro atoms. The fraction of sp³-hybridized carbons (Fsp3) is 0.406. The van der Waals surface area contributed by atoms with Crippen molar-refractivity contribution in [3.63, 3.8) is 0 Å². The van der Waals surface area contributed by atoms with Crippen LogP contribution in [0.15, 0.2) is 65.6 Å². The molecule has 8 nitrogen and oxygen atoms in total. The van der Waals surface area contributed by atoms with Crippen molar-refractivity contribution in [2.75, 3.05) is 31.2 Å². The number of benzene rings is 3. The van der Waals surface area contributed by atoms with Crippen LogP contribution in [-0.4, -0.2) is 45.8 Å². The second-order valence-corrected chi connectivity index (χ2v) is 13.9. The lowest BCUT2D eigenvalue weighted by molar-refractivity contribution is -0.136. The molecular weight excluding hydrogens is 576 g/mol. The molecule has 2 aliphatic carbocycles. The van der Waals surface area contributed by atoms with Gasteiger partial charge in [0.2, 0.25) is 10.0 Å². The second kappa shape index (κ2) is 11.4. The number of hydrogen-bond acceptors (Lipinski definition) is 6. The van der Waals surface area contributed by atoms with Crippen molar-refractivity contribution in [2.24, 2.45) is 17.0 Å². The van der Waals surface area contributed by atoms with Crippen LogP contribution in [0.2, 0.25) is 5.02 Å². The number of nitrogens with two attached hydrogens (primary N) is 1. The number of hydrogen-bond donors (Lipinski definition) is 2. The van der Waals surface area contributed by atoms with Crippen LogP contribution in [0.25, 0.3) is 0 Å². The highest BCUT2D eigenvalue weighted by atomic mass is 35.5. The van der Waals surface area contributed by atoms with E-state index < -0.39 is 16.0 Å². The standard InChI is InChI=1S/C32H35ClN2O6S/c33-25-8-10-28-22(15-25)4-2-12-32(28)19-35(29-16-27(42(34,38)39)9-11-30(29)41-20-32)17-23-6-7-24(23)18-40-26-5-1-3-21(13-26)14-31(36)37/h1,3,5,8-11,13,15-16,23-24H,2,4,6-7,12,14,17-20H2,(H,36,37)(H2,34,38,39)/t23-,24-,32-/m0/s1. The largest absolute Gasteiger partial charge is 0.493 e. The van der Waals surface area contributed by atoms with Gasteiger partial charge in [-0.2, -0.15) is 0 Å². The first kappa shape index (κ1) is 28.8. The fourth-order valence-corrected chi connectivity index (χ4v) is 7.50. The normalized spacial score (nSPS) is 23.2. The van der Waals surface area contributed by atoms with E-state index in [9.17, 15) is 13.2 Å². The van der Waals surface area contributed by atoms with E-state index in [0.29, 0.717) is 48.7 Å². The Morgan fingerprint density at radius 2 is 1.95 bits per heavy atom. The van der Waals surface area contributed by atoms with E-state index >= 15 is 0 Å². The zero-order valence-corrected chi connectivity index (χ0v) is 24.9. The Kier molecular flexibility index (Phi) is 7.85. The Hall–Kier alpha value is -3.27. The van der Waals surface area contributed by atoms with Crippen molar-refractivity contribution < 1.29 is 27.8 Å². The number of carbonyl (C=O) groups is 1. The number of aryl methyl sites for hydroxylation is 1. The molecule has 1 saturated carbocycles. The van der Waals surface area contributed by atoms with Crippen LogP contribution in [0.3, 0.4) is 0 Å². The molecule has 42 heavy (non-hydrogen) atoms. The quantitative estimate of drug-likeness (QED) is 0.360. The molecule has 0 unspecified atom stereocenters. The minimum Gasteiger partial charge on any atom is -0.493 e. The van der Waals surface area contributed by atoms with Gasteiger partial charge in [0.15, 0.2) is 0 Å². The number of carboxylic acids is 1. The van der Waals surface area contributed by atoms with Crippen LogP contribution in [0.5, 0.6) is 11.5 Å². The molecule has 3 N–H and O–H groups in total. The molecule has 0 aromatic heterocycles. The highest BCUT2D eigenvalue weighted by Gasteiger charge is 2.43. The molecule has 0 radical (unpaired) electrons. The molecule has 3 aliphatic rings. The first-order chi connectivity index (χ1) is 20.1. The Morgan fingerprint density at radius 1 is 1.12 bits per heavy atom. The molecule has 0 saturated heterocycles. The van der Waals surface area contributed by atoms with E-state index in [2.05, 4.69) is 17.0 Å². The van der Waals surface area contributed by atoms with Crippen LogP contribution in [-0.2, 0) is 33.1 Å². The minimum absolute atomic E-state index is 0.0444. The van der Waals surface area contributed by atoms with Crippen LogP contribution in [0, 0.1) is 11.8 Å². The summed E-state index contributed by atoms with van der Waals surface area (Å²) < 4.78 is 37.2. The van der Waals surface area contributed by atoms with E-state index in [4.69, 9.17) is 31.3 Å². The van der Waals surface area contributed by atoms with E-state index in [-0.39, 0.29) is 16.7 Å². The van der Waals surface area contributed by atoms with E-state index in [1.54, 1.807) is 24.3 Å². The molecule has 0 bridgehead atoms. The molecule has 3 aromatic carbocycles. The number of nitrogens with zero attached hydrogens (tertiary/aromatic N) is 1. The fourth-order valence-electron chi connectivity index (χ4n) is 6.77. The van der Waals surface area contributed by atoms with E-state index in [0.717, 1.165) is 49.4 Å². The first-order valence-corrected chi connectivity index (χ1v) is 16.3. The summed E-state index contributed by atoms with van der Waals surface area (Å²) in [6.45, 7) is 2.43. The average molecular weight is 611 g/mol. The van der Waals surface area contributed by atoms with Crippen molar-refractivity contribution in [1.29, 1.82) is 0 Å². The summed E-state index contributed by atoms with van der Waals surface area (Å²) in [6, 6.07) is 18.3. The topological polar surface area (TPSA) is 119 Å². The Morgan fingerprint density at radius 3 is 2.71 bits per heavy atom. The lowest BCUT2D eigenvalue weighted by atomic mass is 9.69. The molecule has 222 valence electrons. The third-order valence-electron chi connectivity index (χ3n) is 9.08. The van der Waals surface area contributed by atoms with E-state index in [1.165, 1.54) is 17.2 Å². The van der Waals surface area contributed by atoms with Gasteiger partial charge in [0.25, 0.3) is 0 Å². The molecule has 3 atom stereocenters. The Labute approximate surface area is 251 Å². The van der Waals surface area contributed by atoms with Crippen LogP contribution >= 0.6 is 11.6 Å². The van der Waals surface area contributed by atoms with E-state index in [1.807, 2.05) is 18.2 Å². The molecule has 6 rings (SSSR count). The van der Waals surface area contributed by atoms with Gasteiger partial charge >= 0.3 is 5.97 Å². The number of rotatable bonds is 8. The first-order valence-electron chi connectivity index (χ1n) is 14.4. The molecule has 1 aliphatic heterocycles. The number of carboxylic acid groups (broad SMARTS) is 1. The van der Waals surface area contributed by atoms with Crippen molar-refractivity contribution >= 4 is 33.3 Å². The monoisotopic (exact) mass is 610 g/mol. The van der Waals surface area contributed by atoms with Crippen LogP contribution in [0.1, 0.15) is 42.4 Å². The number of ether oxygens (including phenoxy) is 2. The third kappa shape index (κ3) is 5.96. The number of fused-ring (bicyclic) bond motifs is 3. The van der Waals surface area contributed by atoms with Gasteiger partial charge in [-0.3, -0.25) is 4.79 Å². The zero-order valence-electron chi connectivity index (χ0n) is 23.3. The van der Waals surface area contributed by atoms with Gasteiger partial charge in [0.05, 0.1) is 30.2 Å². The van der Waals surface area contributed by atoms with Gasteiger partial charge in [-0.15, -0.1) is 0 Å². The lowest BCUT2D eigenvalue weighted by Crippen LogP contribution is -2.49. The summed E-state index contributed by atoms with van der Waals surface area (Å²) in [4.78, 5) is 13.5. The molecule has 1 heterocycles. The summed E-state index contributed by atoms with van der Waals surface area (Å²) in [5.41, 5.74) is 3.67. The maximum absolute atomic E-state index is 12.3. The predicted octanol–water partition coefficient (Wildman–Crippen LogP) is 5.19. The molecule has 1 fully saturated rings. The highest BCUT2D eigenvalue weighted by molar-refractivity contribution is 7.89. The number of anilines is 1. The highest BCUT2D eigenvalue weighted by Crippen LogP contribution is 2.46. The average Bonchev–Trinajstić information content (AvgIpc) is 3.07. The number of sulfonamides is 1. The minimum atomic E-state index is -3.89. The molecular formula is C32H35ClN2O6S. The van der Waals surface area contributed by atoms with Crippen molar-refractivity contribution in [1.82, 2.24) is 0 Å². The third-order valence-corrected chi connectivity index (χ3v) is 10.2. The van der Waals surface area contributed by atoms with Crippen LogP contribution < -0.4 is 19.5 Å². The molecule has 3 aromatic rings. The summed E-state index contributed by atoms with van der Waals surface area (Å²) in [5.74, 6) is 1.10. The number of aliphatic carboxylic acids is 1. The molecule has 0 amide bonds. The summed E-state index contributed by atoms with van der Waals surface area (Å²) in [5, 5.41) is 15.4. The number of primary sulfonamides is 1. The maximum atomic E-state index is 12.3. The maximum Gasteiger partial charge on any atom is 0.307 e. The molecule has 10 heteroatoms. The summed E-state index contributed by atoms with van der Waals surface area (Å²) >= 11 is 6.37. The zero-order chi connectivity index (χ0) is 29.5. The van der Waals surface area contributed by atoms with Gasteiger partial charge in [-0.1, -0.05) is 29.8 Å². The summed E-state index contributed by atoms with van der Waals surface area (Å²) in [6.07, 6.45) is 4.96.